The smallest absolute Gasteiger partial charge is 0.243 e. The molecule has 0 saturated heterocycles. The maximum absolute atomic E-state index is 13.4. The first-order valence-electron chi connectivity index (χ1n) is 6.82. The largest absolute Gasteiger partial charge is 0.309 e. The van der Waals surface area contributed by atoms with Crippen molar-refractivity contribution in [3.05, 3.63) is 29.6 Å². The van der Waals surface area contributed by atoms with E-state index in [0.29, 0.717) is 13.1 Å². The number of alkyl halides is 1. The summed E-state index contributed by atoms with van der Waals surface area (Å²) in [5, 5.41) is 0. The van der Waals surface area contributed by atoms with Gasteiger partial charge in [-0.3, -0.25) is 0 Å². The highest BCUT2D eigenvalue weighted by Gasteiger charge is 2.23. The summed E-state index contributed by atoms with van der Waals surface area (Å²) in [5.41, 5.74) is 0.196. The van der Waals surface area contributed by atoms with Crippen molar-refractivity contribution >= 4 is 21.6 Å². The highest BCUT2D eigenvalue weighted by atomic mass is 35.5. The molecule has 4 nitrogen and oxygen atoms in total. The fourth-order valence-corrected chi connectivity index (χ4v) is 3.72. The van der Waals surface area contributed by atoms with E-state index in [0.717, 1.165) is 19.0 Å². The second kappa shape index (κ2) is 8.08. The predicted molar refractivity (Wildman–Crippen MR) is 83.6 cm³/mol. The van der Waals surface area contributed by atoms with Crippen LogP contribution in [0, 0.1) is 5.82 Å². The monoisotopic (exact) mass is 336 g/mol. The molecule has 0 saturated carbocycles. The summed E-state index contributed by atoms with van der Waals surface area (Å²) in [5.74, 6) is -0.540. The molecule has 1 aromatic rings. The maximum Gasteiger partial charge on any atom is 0.243 e. The van der Waals surface area contributed by atoms with Gasteiger partial charge in [-0.25, -0.2) is 12.8 Å². The van der Waals surface area contributed by atoms with Crippen LogP contribution in [-0.2, 0) is 15.9 Å². The van der Waals surface area contributed by atoms with Crippen LogP contribution in [0.1, 0.15) is 18.9 Å². The van der Waals surface area contributed by atoms with Gasteiger partial charge < -0.3 is 4.90 Å². The Kier molecular flexibility index (Phi) is 7.06. The van der Waals surface area contributed by atoms with Gasteiger partial charge in [-0.15, -0.1) is 11.6 Å². The summed E-state index contributed by atoms with van der Waals surface area (Å²) in [6.07, 6.45) is 0.740. The number of halogens is 2. The van der Waals surface area contributed by atoms with E-state index in [9.17, 15) is 12.8 Å². The molecule has 120 valence electrons. The Bertz CT molecular complexity index is 564. The highest BCUT2D eigenvalue weighted by Crippen LogP contribution is 2.20. The Balaban J connectivity index is 2.96. The second-order valence-electron chi connectivity index (χ2n) is 5.04. The molecule has 0 aliphatic rings. The average molecular weight is 337 g/mol. The van der Waals surface area contributed by atoms with Gasteiger partial charge in [0.2, 0.25) is 10.0 Å². The molecular formula is C14H22ClFN2O2S. The summed E-state index contributed by atoms with van der Waals surface area (Å²) in [4.78, 5) is 2.09. The third kappa shape index (κ3) is 4.92. The number of hydrogen-bond donors (Lipinski definition) is 0. The lowest BCUT2D eigenvalue weighted by atomic mass is 10.2. The van der Waals surface area contributed by atoms with Gasteiger partial charge in [0.1, 0.15) is 5.82 Å². The van der Waals surface area contributed by atoms with Crippen LogP contribution in [0.25, 0.3) is 0 Å². The van der Waals surface area contributed by atoms with E-state index in [1.807, 2.05) is 19.0 Å². The van der Waals surface area contributed by atoms with Gasteiger partial charge >= 0.3 is 0 Å². The van der Waals surface area contributed by atoms with Crippen molar-refractivity contribution in [3.63, 3.8) is 0 Å². The van der Waals surface area contributed by atoms with Gasteiger partial charge in [0.25, 0.3) is 0 Å². The third-order valence-corrected chi connectivity index (χ3v) is 5.42. The van der Waals surface area contributed by atoms with Gasteiger partial charge in [0.15, 0.2) is 0 Å². The van der Waals surface area contributed by atoms with Crippen LogP contribution in [0.15, 0.2) is 23.1 Å². The van der Waals surface area contributed by atoms with Gasteiger partial charge in [-0.2, -0.15) is 4.31 Å². The summed E-state index contributed by atoms with van der Waals surface area (Å²) in [6, 6.07) is 3.75. The Hall–Kier alpha value is -0.690. The lowest BCUT2D eigenvalue weighted by Gasteiger charge is -2.21. The molecule has 0 aromatic heterocycles. The fraction of sp³-hybridized carbons (Fsp3) is 0.571. The molecule has 0 heterocycles. The van der Waals surface area contributed by atoms with Crippen molar-refractivity contribution in [2.45, 2.75) is 24.1 Å². The van der Waals surface area contributed by atoms with E-state index in [1.54, 1.807) is 6.92 Å². The number of nitrogens with zero attached hydrogens (tertiary/aromatic N) is 2. The lowest BCUT2D eigenvalue weighted by molar-refractivity contribution is 0.356. The quantitative estimate of drug-likeness (QED) is 0.685. The maximum atomic E-state index is 13.4. The van der Waals surface area contributed by atoms with Crippen LogP contribution in [0.3, 0.4) is 0 Å². The molecule has 0 bridgehead atoms. The minimum absolute atomic E-state index is 0.0536. The first-order chi connectivity index (χ1) is 9.82. The Morgan fingerprint density at radius 3 is 2.43 bits per heavy atom. The van der Waals surface area contributed by atoms with E-state index in [1.165, 1.54) is 16.4 Å². The SMILES string of the molecule is CCN(CCCN(C)C)S(=O)(=O)c1ccc(F)c(CCl)c1. The number of rotatable bonds is 8. The first-order valence-corrected chi connectivity index (χ1v) is 8.79. The molecule has 0 amide bonds. The molecule has 21 heavy (non-hydrogen) atoms. The molecule has 0 aliphatic carbocycles. The van der Waals surface area contributed by atoms with Crippen LogP contribution in [-0.4, -0.2) is 51.4 Å². The van der Waals surface area contributed by atoms with Crippen molar-refractivity contribution in [3.8, 4) is 0 Å². The minimum Gasteiger partial charge on any atom is -0.309 e. The van der Waals surface area contributed by atoms with E-state index in [-0.39, 0.29) is 16.3 Å². The van der Waals surface area contributed by atoms with Crippen LogP contribution >= 0.6 is 11.6 Å². The molecule has 0 radical (unpaired) electrons. The van der Waals surface area contributed by atoms with Crippen molar-refractivity contribution in [2.24, 2.45) is 0 Å². The van der Waals surface area contributed by atoms with E-state index in [4.69, 9.17) is 11.6 Å². The predicted octanol–water partition coefficient (Wildman–Crippen LogP) is 2.53. The lowest BCUT2D eigenvalue weighted by Crippen LogP contribution is -2.33. The van der Waals surface area contributed by atoms with Gasteiger partial charge in [0, 0.05) is 18.7 Å². The van der Waals surface area contributed by atoms with Gasteiger partial charge in [-0.05, 0) is 45.3 Å². The van der Waals surface area contributed by atoms with Crippen molar-refractivity contribution < 1.29 is 12.8 Å². The van der Waals surface area contributed by atoms with E-state index >= 15 is 0 Å². The topological polar surface area (TPSA) is 40.6 Å². The molecule has 0 atom stereocenters. The molecule has 0 N–H and O–H groups in total. The summed E-state index contributed by atoms with van der Waals surface area (Å²) < 4.78 is 40.0. The molecule has 0 spiro atoms. The Morgan fingerprint density at radius 2 is 1.90 bits per heavy atom. The summed E-state index contributed by atoms with van der Waals surface area (Å²) in [6.45, 7) is 3.41. The number of hydrogen-bond acceptors (Lipinski definition) is 3. The third-order valence-electron chi connectivity index (χ3n) is 3.16. The molecule has 0 unspecified atom stereocenters. The molecular weight excluding hydrogens is 315 g/mol. The molecule has 7 heteroatoms. The number of sulfonamides is 1. The van der Waals surface area contributed by atoms with Crippen molar-refractivity contribution in [1.82, 2.24) is 9.21 Å². The molecule has 1 aromatic carbocycles. The second-order valence-corrected chi connectivity index (χ2v) is 7.25. The molecule has 0 fully saturated rings. The Morgan fingerprint density at radius 1 is 1.24 bits per heavy atom. The van der Waals surface area contributed by atoms with Gasteiger partial charge in [0.05, 0.1) is 10.8 Å². The molecule has 0 aliphatic heterocycles. The standard InChI is InChI=1S/C14H22ClFN2O2S/c1-4-18(9-5-8-17(2)3)21(19,20)13-6-7-14(16)12(10-13)11-15/h6-7,10H,4-5,8-9,11H2,1-3H3. The number of benzene rings is 1. The summed E-state index contributed by atoms with van der Waals surface area (Å²) in [7, 11) is 0.275. The average Bonchev–Trinajstić information content (AvgIpc) is 2.43. The first kappa shape index (κ1) is 18.4. The zero-order valence-corrected chi connectivity index (χ0v) is 14.2. The fourth-order valence-electron chi connectivity index (χ4n) is 1.97. The van der Waals surface area contributed by atoms with Crippen molar-refractivity contribution in [1.29, 1.82) is 0 Å². The normalized spacial score (nSPS) is 12.3. The zero-order chi connectivity index (χ0) is 16.0. The van der Waals surface area contributed by atoms with Crippen molar-refractivity contribution in [2.75, 3.05) is 33.7 Å². The summed E-state index contributed by atoms with van der Waals surface area (Å²) >= 11 is 5.63. The highest BCUT2D eigenvalue weighted by molar-refractivity contribution is 7.89. The van der Waals surface area contributed by atoms with Gasteiger partial charge in [-0.1, -0.05) is 6.92 Å². The van der Waals surface area contributed by atoms with Crippen LogP contribution in [0.4, 0.5) is 4.39 Å². The van der Waals surface area contributed by atoms with E-state index in [2.05, 4.69) is 0 Å². The van der Waals surface area contributed by atoms with Crippen LogP contribution in [0.5, 0.6) is 0 Å². The Labute approximate surface area is 131 Å². The minimum atomic E-state index is -3.61. The van der Waals surface area contributed by atoms with Crippen LogP contribution in [0.2, 0.25) is 0 Å². The van der Waals surface area contributed by atoms with Crippen LogP contribution < -0.4 is 0 Å². The molecule has 1 rings (SSSR count). The van der Waals surface area contributed by atoms with E-state index < -0.39 is 15.8 Å². The zero-order valence-electron chi connectivity index (χ0n) is 12.6.